The van der Waals surface area contributed by atoms with Crippen LogP contribution in [-0.2, 0) is 19.2 Å². The predicted octanol–water partition coefficient (Wildman–Crippen LogP) is -1.05. The topological polar surface area (TPSA) is 165 Å². The highest BCUT2D eigenvalue weighted by molar-refractivity contribution is 5.93. The van der Waals surface area contributed by atoms with Crippen molar-refractivity contribution in [3.63, 3.8) is 0 Å². The van der Waals surface area contributed by atoms with Gasteiger partial charge in [0.25, 0.3) is 0 Å². The van der Waals surface area contributed by atoms with Gasteiger partial charge in [-0.2, -0.15) is 0 Å². The van der Waals surface area contributed by atoms with E-state index in [1.807, 2.05) is 13.8 Å². The summed E-state index contributed by atoms with van der Waals surface area (Å²) in [4.78, 5) is 46.3. The number of aliphatic carboxylic acids is 1. The second kappa shape index (κ2) is 9.86. The fourth-order valence-electron chi connectivity index (χ4n) is 2.06. The Morgan fingerprint density at radius 3 is 1.92 bits per heavy atom. The number of carbonyl (C=O) groups excluding carboxylic acids is 3. The van der Waals surface area contributed by atoms with E-state index in [1.54, 1.807) is 13.8 Å². The minimum absolute atomic E-state index is 0.0717. The molecule has 0 aromatic carbocycles. The lowest BCUT2D eigenvalue weighted by atomic mass is 10.00. The summed E-state index contributed by atoms with van der Waals surface area (Å²) in [6, 6.07) is -3.18. The maximum atomic E-state index is 12.3. The van der Waals surface area contributed by atoms with E-state index < -0.39 is 41.8 Å². The van der Waals surface area contributed by atoms with E-state index in [2.05, 4.69) is 10.6 Å². The Labute approximate surface area is 141 Å². The van der Waals surface area contributed by atoms with Gasteiger partial charge >= 0.3 is 5.97 Å². The van der Waals surface area contributed by atoms with Crippen LogP contribution in [0.3, 0.4) is 0 Å². The number of nitrogens with two attached hydrogens (primary N) is 2. The molecule has 24 heavy (non-hydrogen) atoms. The monoisotopic (exact) mass is 344 g/mol. The maximum absolute atomic E-state index is 12.3. The molecule has 0 aliphatic carbocycles. The molecule has 0 aliphatic rings. The van der Waals surface area contributed by atoms with Gasteiger partial charge in [-0.25, -0.2) is 4.79 Å². The van der Waals surface area contributed by atoms with Crippen LogP contribution >= 0.6 is 0 Å². The SMILES string of the molecule is CC(C)C[C@H](NC(=O)[C@@H](NC(=O)[C@@H](N)CC(N)=O)C(C)C)C(=O)O. The van der Waals surface area contributed by atoms with Crippen molar-refractivity contribution < 1.29 is 24.3 Å². The molecule has 0 spiro atoms. The van der Waals surface area contributed by atoms with E-state index in [1.165, 1.54) is 0 Å². The highest BCUT2D eigenvalue weighted by Gasteiger charge is 2.30. The number of hydrogen-bond acceptors (Lipinski definition) is 5. The molecule has 0 aliphatic heterocycles. The Balaban J connectivity index is 4.97. The molecule has 0 rings (SSSR count). The van der Waals surface area contributed by atoms with Crippen LogP contribution in [0.25, 0.3) is 0 Å². The minimum Gasteiger partial charge on any atom is -0.480 e. The lowest BCUT2D eigenvalue weighted by molar-refractivity contribution is -0.143. The molecular formula is C15H28N4O5. The van der Waals surface area contributed by atoms with E-state index in [0.717, 1.165) is 0 Å². The average Bonchev–Trinajstić information content (AvgIpc) is 2.41. The predicted molar refractivity (Wildman–Crippen MR) is 87.6 cm³/mol. The minimum atomic E-state index is -1.16. The number of amides is 3. The van der Waals surface area contributed by atoms with E-state index in [4.69, 9.17) is 11.5 Å². The van der Waals surface area contributed by atoms with Crippen LogP contribution in [0, 0.1) is 11.8 Å². The van der Waals surface area contributed by atoms with Gasteiger partial charge in [-0.15, -0.1) is 0 Å². The van der Waals surface area contributed by atoms with Gasteiger partial charge in [0.15, 0.2) is 0 Å². The van der Waals surface area contributed by atoms with Gasteiger partial charge in [0.2, 0.25) is 17.7 Å². The number of rotatable bonds is 10. The molecule has 0 unspecified atom stereocenters. The number of nitrogens with one attached hydrogen (secondary N) is 2. The van der Waals surface area contributed by atoms with E-state index >= 15 is 0 Å². The standard InChI is InChI=1S/C15H28N4O5/c1-7(2)5-10(15(23)24)18-14(22)12(8(3)4)19-13(21)9(16)6-11(17)20/h7-10,12H,5-6,16H2,1-4H3,(H2,17,20)(H,18,22)(H,19,21)(H,23,24)/t9-,10-,12-/m0/s1. The van der Waals surface area contributed by atoms with Crippen LogP contribution in [0.15, 0.2) is 0 Å². The summed E-state index contributed by atoms with van der Waals surface area (Å²) < 4.78 is 0. The number of carboxylic acids is 1. The average molecular weight is 344 g/mol. The summed E-state index contributed by atoms with van der Waals surface area (Å²) >= 11 is 0. The zero-order valence-electron chi connectivity index (χ0n) is 14.5. The van der Waals surface area contributed by atoms with Crippen molar-refractivity contribution in [3.05, 3.63) is 0 Å². The van der Waals surface area contributed by atoms with Gasteiger partial charge in [0.05, 0.1) is 12.5 Å². The van der Waals surface area contributed by atoms with Crippen molar-refractivity contribution in [1.29, 1.82) is 0 Å². The van der Waals surface area contributed by atoms with E-state index in [9.17, 15) is 24.3 Å². The third-order valence-corrected chi connectivity index (χ3v) is 3.33. The molecule has 0 heterocycles. The largest absolute Gasteiger partial charge is 0.480 e. The van der Waals surface area contributed by atoms with Crippen LogP contribution < -0.4 is 22.1 Å². The lowest BCUT2D eigenvalue weighted by Crippen LogP contribution is -2.56. The van der Waals surface area contributed by atoms with E-state index in [-0.39, 0.29) is 24.7 Å². The van der Waals surface area contributed by atoms with Crippen molar-refractivity contribution in [1.82, 2.24) is 10.6 Å². The third kappa shape index (κ3) is 7.91. The Hall–Kier alpha value is -2.16. The molecule has 0 fully saturated rings. The summed E-state index contributed by atoms with van der Waals surface area (Å²) in [5.74, 6) is -3.41. The Morgan fingerprint density at radius 1 is 1.00 bits per heavy atom. The summed E-state index contributed by atoms with van der Waals surface area (Å²) in [7, 11) is 0. The van der Waals surface area contributed by atoms with Crippen molar-refractivity contribution in [2.24, 2.45) is 23.3 Å². The van der Waals surface area contributed by atoms with Gasteiger partial charge in [-0.3, -0.25) is 14.4 Å². The van der Waals surface area contributed by atoms with Crippen LogP contribution in [0.4, 0.5) is 0 Å². The second-order valence-corrected chi connectivity index (χ2v) is 6.54. The second-order valence-electron chi connectivity index (χ2n) is 6.54. The highest BCUT2D eigenvalue weighted by atomic mass is 16.4. The molecule has 9 heteroatoms. The fourth-order valence-corrected chi connectivity index (χ4v) is 2.06. The molecule has 138 valence electrons. The summed E-state index contributed by atoms with van der Waals surface area (Å²) in [6.45, 7) is 7.07. The molecule has 0 aromatic heterocycles. The quantitative estimate of drug-likeness (QED) is 0.339. The van der Waals surface area contributed by atoms with Gasteiger partial charge in [0, 0.05) is 0 Å². The van der Waals surface area contributed by atoms with Crippen molar-refractivity contribution in [2.45, 2.75) is 58.7 Å². The van der Waals surface area contributed by atoms with Crippen LogP contribution in [0.5, 0.6) is 0 Å². The summed E-state index contributed by atoms with van der Waals surface area (Å²) in [5, 5.41) is 14.1. The number of carbonyl (C=O) groups is 4. The van der Waals surface area contributed by atoms with Crippen LogP contribution in [0.2, 0.25) is 0 Å². The molecule has 0 saturated carbocycles. The molecule has 9 nitrogen and oxygen atoms in total. The van der Waals surface area contributed by atoms with E-state index in [0.29, 0.717) is 0 Å². The van der Waals surface area contributed by atoms with Gasteiger partial charge in [0.1, 0.15) is 12.1 Å². The number of hydrogen-bond donors (Lipinski definition) is 5. The zero-order chi connectivity index (χ0) is 19.0. The first-order valence-corrected chi connectivity index (χ1v) is 7.83. The first-order valence-electron chi connectivity index (χ1n) is 7.83. The maximum Gasteiger partial charge on any atom is 0.326 e. The zero-order valence-corrected chi connectivity index (χ0v) is 14.5. The molecule has 0 saturated heterocycles. The molecule has 0 radical (unpaired) electrons. The number of primary amides is 1. The molecule has 0 bridgehead atoms. The van der Waals surface area contributed by atoms with Gasteiger partial charge < -0.3 is 27.2 Å². The van der Waals surface area contributed by atoms with Crippen LogP contribution in [0.1, 0.15) is 40.5 Å². The Morgan fingerprint density at radius 2 is 1.54 bits per heavy atom. The molecular weight excluding hydrogens is 316 g/mol. The lowest BCUT2D eigenvalue weighted by Gasteiger charge is -2.25. The first kappa shape index (κ1) is 21.8. The van der Waals surface area contributed by atoms with Crippen molar-refractivity contribution in [3.8, 4) is 0 Å². The van der Waals surface area contributed by atoms with Gasteiger partial charge in [-0.1, -0.05) is 27.7 Å². The van der Waals surface area contributed by atoms with Crippen LogP contribution in [-0.4, -0.2) is 46.9 Å². The fraction of sp³-hybridized carbons (Fsp3) is 0.733. The van der Waals surface area contributed by atoms with Crippen molar-refractivity contribution >= 4 is 23.7 Å². The molecule has 7 N–H and O–H groups in total. The molecule has 3 atom stereocenters. The molecule has 3 amide bonds. The van der Waals surface area contributed by atoms with Gasteiger partial charge in [-0.05, 0) is 18.3 Å². The highest BCUT2D eigenvalue weighted by Crippen LogP contribution is 2.08. The Kier molecular flexibility index (Phi) is 8.97. The normalized spacial score (nSPS) is 14.8. The Bertz CT molecular complexity index is 478. The smallest absolute Gasteiger partial charge is 0.326 e. The van der Waals surface area contributed by atoms with Crippen molar-refractivity contribution in [2.75, 3.05) is 0 Å². The summed E-state index contributed by atoms with van der Waals surface area (Å²) in [5.41, 5.74) is 10.5. The third-order valence-electron chi connectivity index (χ3n) is 3.33. The number of carboxylic acid groups (broad SMARTS) is 1. The summed E-state index contributed by atoms with van der Waals surface area (Å²) in [6.07, 6.45) is -0.0790. The molecule has 0 aromatic rings. The first-order chi connectivity index (χ1) is 11.0.